The van der Waals surface area contributed by atoms with Gasteiger partial charge in [-0.15, -0.1) is 0 Å². The third-order valence-corrected chi connectivity index (χ3v) is 3.55. The second kappa shape index (κ2) is 5.49. The van der Waals surface area contributed by atoms with Crippen LogP contribution in [0.1, 0.15) is 46.0 Å². The van der Waals surface area contributed by atoms with Gasteiger partial charge in [-0.25, -0.2) is 4.79 Å². The van der Waals surface area contributed by atoms with Gasteiger partial charge in [0.1, 0.15) is 5.54 Å². The number of hydrogen-bond acceptors (Lipinski definition) is 3. The first-order chi connectivity index (χ1) is 7.91. The van der Waals surface area contributed by atoms with Crippen LogP contribution >= 0.6 is 0 Å². The smallest absolute Gasteiger partial charge is 0.329 e. The molecule has 1 aliphatic rings. The average molecular weight is 242 g/mol. The lowest BCUT2D eigenvalue weighted by Crippen LogP contribution is -2.59. The van der Waals surface area contributed by atoms with E-state index in [9.17, 15) is 14.7 Å². The Bertz CT molecular complexity index is 306. The number of nitrogens with one attached hydrogen (secondary N) is 1. The number of hydrogen-bond donors (Lipinski definition) is 3. The van der Waals surface area contributed by atoms with E-state index >= 15 is 0 Å². The van der Waals surface area contributed by atoms with Crippen LogP contribution in [0.15, 0.2) is 0 Å². The molecule has 0 saturated heterocycles. The number of carboxylic acids is 1. The molecule has 0 aromatic heterocycles. The molecule has 98 valence electrons. The van der Waals surface area contributed by atoms with Crippen LogP contribution in [0.5, 0.6) is 0 Å². The van der Waals surface area contributed by atoms with Crippen LogP contribution in [-0.4, -0.2) is 28.6 Å². The summed E-state index contributed by atoms with van der Waals surface area (Å²) in [7, 11) is 0. The largest absolute Gasteiger partial charge is 0.480 e. The van der Waals surface area contributed by atoms with E-state index in [1.807, 2.05) is 6.92 Å². The first-order valence-corrected chi connectivity index (χ1v) is 6.22. The molecule has 0 spiro atoms. The molecule has 0 aliphatic heterocycles. The molecule has 1 aliphatic carbocycles. The van der Waals surface area contributed by atoms with Crippen molar-refractivity contribution >= 4 is 11.9 Å². The molecule has 4 N–H and O–H groups in total. The molecule has 2 unspecified atom stereocenters. The number of carbonyl (C=O) groups excluding carboxylic acids is 1. The third-order valence-electron chi connectivity index (χ3n) is 3.55. The number of rotatable bonds is 4. The molecule has 3 atom stereocenters. The Morgan fingerprint density at radius 2 is 2.24 bits per heavy atom. The Morgan fingerprint density at radius 3 is 2.71 bits per heavy atom. The zero-order valence-electron chi connectivity index (χ0n) is 10.5. The zero-order valence-corrected chi connectivity index (χ0v) is 10.5. The van der Waals surface area contributed by atoms with Crippen LogP contribution in [0.2, 0.25) is 0 Å². The lowest BCUT2D eigenvalue weighted by Gasteiger charge is -2.37. The minimum atomic E-state index is -1.11. The number of amides is 1. The van der Waals surface area contributed by atoms with Crippen LogP contribution in [0.3, 0.4) is 0 Å². The molecule has 0 heterocycles. The van der Waals surface area contributed by atoms with E-state index in [0.29, 0.717) is 25.2 Å². The Hall–Kier alpha value is -1.10. The van der Waals surface area contributed by atoms with Crippen molar-refractivity contribution in [2.75, 3.05) is 0 Å². The van der Waals surface area contributed by atoms with Crippen molar-refractivity contribution in [1.82, 2.24) is 5.32 Å². The van der Waals surface area contributed by atoms with Gasteiger partial charge in [0.25, 0.3) is 0 Å². The summed E-state index contributed by atoms with van der Waals surface area (Å²) in [6, 6.07) is -0.622. The molecular formula is C12H22N2O3. The van der Waals surface area contributed by atoms with Crippen LogP contribution in [0.4, 0.5) is 0 Å². The summed E-state index contributed by atoms with van der Waals surface area (Å²) in [5, 5.41) is 12.0. The van der Waals surface area contributed by atoms with E-state index in [0.717, 1.165) is 12.8 Å². The quantitative estimate of drug-likeness (QED) is 0.682. The van der Waals surface area contributed by atoms with E-state index in [-0.39, 0.29) is 5.91 Å². The van der Waals surface area contributed by atoms with Gasteiger partial charge in [0, 0.05) is 0 Å². The average Bonchev–Trinajstić information content (AvgIpc) is 2.27. The zero-order chi connectivity index (χ0) is 13.1. The second-order valence-electron chi connectivity index (χ2n) is 5.09. The molecular weight excluding hydrogens is 220 g/mol. The SMILES string of the molecule is CC[C@H](N)C(=O)NC1(C(=O)O)CCCC(C)C1. The maximum Gasteiger partial charge on any atom is 0.329 e. The summed E-state index contributed by atoms with van der Waals surface area (Å²) < 4.78 is 0. The molecule has 0 bridgehead atoms. The molecule has 0 aromatic carbocycles. The van der Waals surface area contributed by atoms with Crippen molar-refractivity contribution in [3.8, 4) is 0 Å². The molecule has 5 heteroatoms. The lowest BCUT2D eigenvalue weighted by atomic mass is 9.76. The third kappa shape index (κ3) is 3.19. The predicted octanol–water partition coefficient (Wildman–Crippen LogP) is 0.873. The van der Waals surface area contributed by atoms with Gasteiger partial charge in [-0.2, -0.15) is 0 Å². The summed E-state index contributed by atoms with van der Waals surface area (Å²) in [6.07, 6.45) is 3.34. The highest BCUT2D eigenvalue weighted by atomic mass is 16.4. The number of nitrogens with two attached hydrogens (primary N) is 1. The monoisotopic (exact) mass is 242 g/mol. The standard InChI is InChI=1S/C12H22N2O3/c1-3-9(13)10(15)14-12(11(16)17)6-4-5-8(2)7-12/h8-9H,3-7,13H2,1-2H3,(H,14,15)(H,16,17)/t8?,9-,12?/m0/s1. The van der Waals surface area contributed by atoms with Gasteiger partial charge in [0.05, 0.1) is 6.04 Å². The van der Waals surface area contributed by atoms with Crippen LogP contribution in [0.25, 0.3) is 0 Å². The van der Waals surface area contributed by atoms with Crippen molar-refractivity contribution < 1.29 is 14.7 Å². The molecule has 1 fully saturated rings. The summed E-state index contributed by atoms with van der Waals surface area (Å²) in [4.78, 5) is 23.2. The highest BCUT2D eigenvalue weighted by molar-refractivity contribution is 5.89. The van der Waals surface area contributed by atoms with Gasteiger partial charge < -0.3 is 16.2 Å². The maximum atomic E-state index is 11.8. The predicted molar refractivity (Wildman–Crippen MR) is 64.4 cm³/mol. The van der Waals surface area contributed by atoms with E-state index < -0.39 is 17.6 Å². The minimum absolute atomic E-state index is 0.318. The molecule has 1 rings (SSSR count). The first kappa shape index (κ1) is 14.0. The maximum absolute atomic E-state index is 11.8. The van der Waals surface area contributed by atoms with Gasteiger partial charge in [0.15, 0.2) is 0 Å². The van der Waals surface area contributed by atoms with Gasteiger partial charge in [-0.3, -0.25) is 4.79 Å². The molecule has 0 aromatic rings. The fraction of sp³-hybridized carbons (Fsp3) is 0.833. The molecule has 1 amide bonds. The highest BCUT2D eigenvalue weighted by Gasteiger charge is 2.43. The van der Waals surface area contributed by atoms with Crippen molar-refractivity contribution in [2.45, 2.75) is 57.5 Å². The van der Waals surface area contributed by atoms with Crippen LogP contribution in [-0.2, 0) is 9.59 Å². The van der Waals surface area contributed by atoms with E-state index in [4.69, 9.17) is 5.73 Å². The Labute approximate surface area is 102 Å². The molecule has 17 heavy (non-hydrogen) atoms. The lowest BCUT2D eigenvalue weighted by molar-refractivity contribution is -0.150. The van der Waals surface area contributed by atoms with Crippen molar-refractivity contribution in [3.05, 3.63) is 0 Å². The number of aliphatic carboxylic acids is 1. The second-order valence-corrected chi connectivity index (χ2v) is 5.09. The van der Waals surface area contributed by atoms with Crippen molar-refractivity contribution in [2.24, 2.45) is 11.7 Å². The summed E-state index contributed by atoms with van der Waals surface area (Å²) in [6.45, 7) is 3.82. The van der Waals surface area contributed by atoms with Crippen molar-refractivity contribution in [3.63, 3.8) is 0 Å². The minimum Gasteiger partial charge on any atom is -0.480 e. The summed E-state index contributed by atoms with van der Waals surface area (Å²) >= 11 is 0. The highest BCUT2D eigenvalue weighted by Crippen LogP contribution is 2.32. The molecule has 5 nitrogen and oxygen atoms in total. The van der Waals surface area contributed by atoms with Gasteiger partial charge >= 0.3 is 5.97 Å². The van der Waals surface area contributed by atoms with Crippen LogP contribution in [0, 0.1) is 5.92 Å². The normalized spacial score (nSPS) is 30.6. The first-order valence-electron chi connectivity index (χ1n) is 6.22. The van der Waals surface area contributed by atoms with Gasteiger partial charge in [0.2, 0.25) is 5.91 Å². The van der Waals surface area contributed by atoms with Gasteiger partial charge in [-0.1, -0.05) is 26.7 Å². The van der Waals surface area contributed by atoms with Crippen molar-refractivity contribution in [1.29, 1.82) is 0 Å². The number of carbonyl (C=O) groups is 2. The Morgan fingerprint density at radius 1 is 1.59 bits per heavy atom. The van der Waals surface area contributed by atoms with E-state index in [1.54, 1.807) is 6.92 Å². The molecule has 0 radical (unpaired) electrons. The Kier molecular flexibility index (Phi) is 4.51. The summed E-state index contributed by atoms with van der Waals surface area (Å²) in [5.74, 6) is -0.984. The summed E-state index contributed by atoms with van der Waals surface area (Å²) in [5.41, 5.74) is 4.51. The fourth-order valence-corrected chi connectivity index (χ4v) is 2.43. The van der Waals surface area contributed by atoms with Crippen LogP contribution < -0.4 is 11.1 Å². The van der Waals surface area contributed by atoms with Gasteiger partial charge in [-0.05, 0) is 25.2 Å². The number of carboxylic acid groups (broad SMARTS) is 1. The Balaban J connectivity index is 2.78. The fourth-order valence-electron chi connectivity index (χ4n) is 2.43. The van der Waals surface area contributed by atoms with E-state index in [2.05, 4.69) is 5.32 Å². The topological polar surface area (TPSA) is 92.4 Å². The molecule has 1 saturated carbocycles. The van der Waals surface area contributed by atoms with E-state index in [1.165, 1.54) is 0 Å².